The molecule has 132 valence electrons. The quantitative estimate of drug-likeness (QED) is 0.717. The van der Waals surface area contributed by atoms with Gasteiger partial charge in [0.25, 0.3) is 0 Å². The van der Waals surface area contributed by atoms with Crippen molar-refractivity contribution < 1.29 is 0 Å². The van der Waals surface area contributed by atoms with Crippen LogP contribution in [0.5, 0.6) is 0 Å². The van der Waals surface area contributed by atoms with Gasteiger partial charge in [-0.1, -0.05) is 42.5 Å². The second-order valence-corrected chi connectivity index (χ2v) is 6.85. The summed E-state index contributed by atoms with van der Waals surface area (Å²) < 4.78 is 0. The van der Waals surface area contributed by atoms with Crippen molar-refractivity contribution in [2.75, 3.05) is 11.9 Å². The van der Waals surface area contributed by atoms with Gasteiger partial charge in [-0.3, -0.25) is 4.90 Å². The molecule has 0 amide bonds. The highest BCUT2D eigenvalue weighted by molar-refractivity contribution is 5.51. The predicted molar refractivity (Wildman–Crippen MR) is 105 cm³/mol. The summed E-state index contributed by atoms with van der Waals surface area (Å²) in [6.07, 6.45) is 2.38. The number of aromatic nitrogens is 2. The molecule has 0 spiro atoms. The van der Waals surface area contributed by atoms with Gasteiger partial charge < -0.3 is 5.32 Å². The van der Waals surface area contributed by atoms with E-state index in [1.54, 1.807) is 0 Å². The Kier molecular flexibility index (Phi) is 4.93. The molecule has 0 saturated carbocycles. The third-order valence-corrected chi connectivity index (χ3v) is 4.85. The number of pyridine rings is 2. The number of nitrogens with one attached hydrogen (secondary N) is 1. The van der Waals surface area contributed by atoms with Crippen LogP contribution in [0.15, 0.2) is 66.7 Å². The van der Waals surface area contributed by atoms with Crippen LogP contribution in [-0.2, 0) is 6.54 Å². The Hall–Kier alpha value is -2.72. The van der Waals surface area contributed by atoms with Crippen LogP contribution in [0.3, 0.4) is 0 Å². The van der Waals surface area contributed by atoms with Gasteiger partial charge in [0.15, 0.2) is 0 Å². The lowest BCUT2D eigenvalue weighted by Gasteiger charge is -2.24. The summed E-state index contributed by atoms with van der Waals surface area (Å²) in [4.78, 5) is 11.9. The Morgan fingerprint density at radius 3 is 2.50 bits per heavy atom. The molecule has 26 heavy (non-hydrogen) atoms. The van der Waals surface area contributed by atoms with Crippen LogP contribution in [0.4, 0.5) is 11.6 Å². The van der Waals surface area contributed by atoms with Crippen molar-refractivity contribution in [2.45, 2.75) is 32.4 Å². The molecule has 1 fully saturated rings. The van der Waals surface area contributed by atoms with Gasteiger partial charge >= 0.3 is 0 Å². The monoisotopic (exact) mass is 344 g/mol. The zero-order chi connectivity index (χ0) is 17.8. The number of nitrogens with zero attached hydrogens (tertiary/aromatic N) is 3. The molecule has 1 aliphatic heterocycles. The first kappa shape index (κ1) is 16.7. The number of hydrogen-bond acceptors (Lipinski definition) is 4. The molecule has 0 radical (unpaired) electrons. The zero-order valence-electron chi connectivity index (χ0n) is 15.1. The molecule has 0 unspecified atom stereocenters. The minimum atomic E-state index is 0.377. The van der Waals surface area contributed by atoms with Crippen molar-refractivity contribution in [1.29, 1.82) is 0 Å². The molecule has 1 aliphatic rings. The van der Waals surface area contributed by atoms with Crippen molar-refractivity contribution in [3.63, 3.8) is 0 Å². The molecular weight excluding hydrogens is 320 g/mol. The highest BCUT2D eigenvalue weighted by atomic mass is 15.2. The number of benzene rings is 1. The SMILES string of the molecule is Cc1cccc(Nc2cccc([C@@H]3CCCN3Cc3ccccc3)n2)n1. The van der Waals surface area contributed by atoms with E-state index in [-0.39, 0.29) is 0 Å². The predicted octanol–water partition coefficient (Wildman–Crippen LogP) is 4.87. The van der Waals surface area contributed by atoms with Crippen LogP contribution < -0.4 is 5.32 Å². The van der Waals surface area contributed by atoms with Crippen LogP contribution >= 0.6 is 0 Å². The first-order valence-corrected chi connectivity index (χ1v) is 9.23. The normalized spacial score (nSPS) is 17.3. The fourth-order valence-corrected chi connectivity index (χ4v) is 3.62. The molecule has 1 atom stereocenters. The lowest BCUT2D eigenvalue weighted by Crippen LogP contribution is -2.23. The third kappa shape index (κ3) is 3.92. The molecule has 2 aromatic heterocycles. The van der Waals surface area contributed by atoms with Gasteiger partial charge in [0.2, 0.25) is 0 Å². The first-order valence-electron chi connectivity index (χ1n) is 9.23. The Balaban J connectivity index is 1.51. The van der Waals surface area contributed by atoms with Crippen LogP contribution in [0.2, 0.25) is 0 Å². The van der Waals surface area contributed by atoms with Crippen molar-refractivity contribution in [1.82, 2.24) is 14.9 Å². The maximum absolute atomic E-state index is 4.88. The summed E-state index contributed by atoms with van der Waals surface area (Å²) in [5.41, 5.74) is 3.49. The molecule has 3 aromatic rings. The van der Waals surface area contributed by atoms with Crippen molar-refractivity contribution in [3.05, 3.63) is 83.7 Å². The minimum absolute atomic E-state index is 0.377. The molecule has 4 nitrogen and oxygen atoms in total. The van der Waals surface area contributed by atoms with E-state index in [1.165, 1.54) is 12.0 Å². The lowest BCUT2D eigenvalue weighted by molar-refractivity contribution is 0.244. The van der Waals surface area contributed by atoms with Gasteiger partial charge in [0.1, 0.15) is 11.6 Å². The van der Waals surface area contributed by atoms with Crippen LogP contribution in [0, 0.1) is 6.92 Å². The van der Waals surface area contributed by atoms with E-state index >= 15 is 0 Å². The first-order chi connectivity index (χ1) is 12.8. The maximum Gasteiger partial charge on any atom is 0.131 e. The van der Waals surface area contributed by atoms with Crippen molar-refractivity contribution >= 4 is 11.6 Å². The van der Waals surface area contributed by atoms with E-state index in [4.69, 9.17) is 4.98 Å². The van der Waals surface area contributed by atoms with Crippen LogP contribution in [0.25, 0.3) is 0 Å². The van der Waals surface area contributed by atoms with E-state index in [1.807, 2.05) is 31.2 Å². The summed E-state index contributed by atoms with van der Waals surface area (Å²) in [6, 6.07) is 23.3. The summed E-state index contributed by atoms with van der Waals surface area (Å²) in [5, 5.41) is 3.33. The van der Waals surface area contributed by atoms with Gasteiger partial charge in [-0.25, -0.2) is 9.97 Å². The van der Waals surface area contributed by atoms with Gasteiger partial charge in [-0.2, -0.15) is 0 Å². The average Bonchev–Trinajstić information content (AvgIpc) is 3.11. The van der Waals surface area contributed by atoms with E-state index in [0.717, 1.165) is 42.5 Å². The molecule has 4 heteroatoms. The lowest BCUT2D eigenvalue weighted by atomic mass is 10.1. The summed E-state index contributed by atoms with van der Waals surface area (Å²) in [6.45, 7) is 4.09. The zero-order valence-corrected chi connectivity index (χ0v) is 15.1. The minimum Gasteiger partial charge on any atom is -0.325 e. The second kappa shape index (κ2) is 7.67. The highest BCUT2D eigenvalue weighted by Crippen LogP contribution is 2.32. The van der Waals surface area contributed by atoms with Gasteiger partial charge in [-0.15, -0.1) is 0 Å². The fraction of sp³-hybridized carbons (Fsp3) is 0.273. The van der Waals surface area contributed by atoms with Gasteiger partial charge in [0.05, 0.1) is 11.7 Å². The van der Waals surface area contributed by atoms with E-state index in [9.17, 15) is 0 Å². The van der Waals surface area contributed by atoms with Gasteiger partial charge in [0, 0.05) is 12.2 Å². The van der Waals surface area contributed by atoms with Crippen LogP contribution in [0.1, 0.15) is 35.8 Å². The van der Waals surface area contributed by atoms with Crippen molar-refractivity contribution in [3.8, 4) is 0 Å². The molecule has 0 bridgehead atoms. The van der Waals surface area contributed by atoms with E-state index in [2.05, 4.69) is 57.7 Å². The van der Waals surface area contributed by atoms with Crippen molar-refractivity contribution in [2.24, 2.45) is 0 Å². The number of hydrogen-bond donors (Lipinski definition) is 1. The molecule has 1 saturated heterocycles. The third-order valence-electron chi connectivity index (χ3n) is 4.85. The van der Waals surface area contributed by atoms with E-state index < -0.39 is 0 Å². The second-order valence-electron chi connectivity index (χ2n) is 6.85. The van der Waals surface area contributed by atoms with Crippen LogP contribution in [-0.4, -0.2) is 21.4 Å². The number of rotatable bonds is 5. The highest BCUT2D eigenvalue weighted by Gasteiger charge is 2.27. The summed E-state index contributed by atoms with van der Waals surface area (Å²) in [7, 11) is 0. The molecule has 1 aromatic carbocycles. The molecule has 0 aliphatic carbocycles. The fourth-order valence-electron chi connectivity index (χ4n) is 3.62. The van der Waals surface area contributed by atoms with E-state index in [0.29, 0.717) is 6.04 Å². The topological polar surface area (TPSA) is 41.0 Å². The summed E-state index contributed by atoms with van der Waals surface area (Å²) >= 11 is 0. The summed E-state index contributed by atoms with van der Waals surface area (Å²) in [5.74, 6) is 1.69. The Bertz CT molecular complexity index is 863. The molecule has 1 N–H and O–H groups in total. The molecule has 3 heterocycles. The standard InChI is InChI=1S/C22H24N4/c1-17-8-5-13-21(23-17)25-22-14-6-11-19(24-22)20-12-7-15-26(20)16-18-9-3-2-4-10-18/h2-6,8-11,13-14,20H,7,12,15-16H2,1H3,(H,23,24,25)/t20-/m0/s1. The largest absolute Gasteiger partial charge is 0.325 e. The Morgan fingerprint density at radius 1 is 0.923 bits per heavy atom. The average molecular weight is 344 g/mol. The Labute approximate surface area is 154 Å². The Morgan fingerprint density at radius 2 is 1.69 bits per heavy atom. The molecule has 4 rings (SSSR count). The smallest absolute Gasteiger partial charge is 0.131 e. The van der Waals surface area contributed by atoms with Gasteiger partial charge in [-0.05, 0) is 56.1 Å². The molecular formula is C22H24N4. The number of anilines is 2. The number of likely N-dealkylation sites (tertiary alicyclic amines) is 1. The number of aryl methyl sites for hydroxylation is 1. The maximum atomic E-state index is 4.88.